The van der Waals surface area contributed by atoms with Crippen molar-refractivity contribution < 1.29 is 39.1 Å². The minimum absolute atomic E-state index is 0.252. The summed E-state index contributed by atoms with van der Waals surface area (Å²) >= 11 is 0. The smallest absolute Gasteiger partial charge is 0.410 e. The fourth-order valence-corrected chi connectivity index (χ4v) is 8.20. The molecule has 2 saturated heterocycles. The van der Waals surface area contributed by atoms with E-state index in [1.165, 1.54) is 57.8 Å². The summed E-state index contributed by atoms with van der Waals surface area (Å²) < 4.78 is 25.3. The number of cyclic esters (lactones) is 1. The first-order valence-electron chi connectivity index (χ1n) is 21.4. The van der Waals surface area contributed by atoms with Gasteiger partial charge in [-0.1, -0.05) is 175 Å². The number of carbonyl (C=O) groups is 1. The van der Waals surface area contributed by atoms with Crippen LogP contribution in [0.2, 0.25) is 0 Å². The molecular weight excluding hydrogens is 707 g/mol. The summed E-state index contributed by atoms with van der Waals surface area (Å²) in [6.07, 6.45) is 10.3. The lowest BCUT2D eigenvalue weighted by Gasteiger charge is -2.44. The maximum atomic E-state index is 13.5. The summed E-state index contributed by atoms with van der Waals surface area (Å²) in [5, 5.41) is 33.3. The van der Waals surface area contributed by atoms with Crippen molar-refractivity contribution in [3.05, 3.63) is 108 Å². The van der Waals surface area contributed by atoms with Crippen LogP contribution < -0.4 is 0 Å². The van der Waals surface area contributed by atoms with Crippen LogP contribution >= 0.6 is 0 Å². The number of rotatable bonds is 26. The van der Waals surface area contributed by atoms with Gasteiger partial charge in [0.1, 0.15) is 30.5 Å². The van der Waals surface area contributed by atoms with Gasteiger partial charge in [0.05, 0.1) is 38.1 Å². The molecule has 2 fully saturated rings. The van der Waals surface area contributed by atoms with Crippen LogP contribution in [-0.4, -0.2) is 81.7 Å². The molecule has 3 unspecified atom stereocenters. The lowest BCUT2D eigenvalue weighted by atomic mass is 9.89. The number of aliphatic hydroxyl groups excluding tert-OH is 3. The molecular formula is C47H67NO8. The van der Waals surface area contributed by atoms with Crippen molar-refractivity contribution in [1.82, 2.24) is 4.90 Å². The van der Waals surface area contributed by atoms with E-state index in [0.717, 1.165) is 36.0 Å². The van der Waals surface area contributed by atoms with Gasteiger partial charge in [0.2, 0.25) is 0 Å². The predicted octanol–water partition coefficient (Wildman–Crippen LogP) is 8.90. The zero-order valence-electron chi connectivity index (χ0n) is 33.5. The van der Waals surface area contributed by atoms with Crippen LogP contribution in [0.1, 0.15) is 120 Å². The first kappa shape index (κ1) is 43.8. The van der Waals surface area contributed by atoms with Gasteiger partial charge in [0.15, 0.2) is 0 Å². The Morgan fingerprint density at radius 3 is 1.70 bits per heavy atom. The Morgan fingerprint density at radius 1 is 0.661 bits per heavy atom. The van der Waals surface area contributed by atoms with Gasteiger partial charge in [0.25, 0.3) is 0 Å². The summed E-state index contributed by atoms with van der Waals surface area (Å²) in [5.74, 6) is 0. The largest absolute Gasteiger partial charge is 0.441 e. The van der Waals surface area contributed by atoms with Gasteiger partial charge in [-0.3, -0.25) is 4.90 Å². The van der Waals surface area contributed by atoms with Crippen LogP contribution in [0.5, 0.6) is 0 Å². The van der Waals surface area contributed by atoms with Gasteiger partial charge >= 0.3 is 6.09 Å². The summed E-state index contributed by atoms with van der Waals surface area (Å²) in [4.78, 5) is 15.2. The minimum Gasteiger partial charge on any atom is -0.441 e. The van der Waals surface area contributed by atoms with E-state index in [4.69, 9.17) is 18.9 Å². The number of benzene rings is 3. The molecule has 9 nitrogen and oxygen atoms in total. The van der Waals surface area contributed by atoms with E-state index in [0.29, 0.717) is 25.8 Å². The third-order valence-electron chi connectivity index (χ3n) is 11.4. The number of carbonyl (C=O) groups excluding carboxylic acids is 1. The normalized spacial score (nSPS) is 24.3. The molecule has 8 atom stereocenters. The molecule has 0 bridgehead atoms. The number of hydrogen-bond donors (Lipinski definition) is 3. The molecule has 3 aromatic carbocycles. The third kappa shape index (κ3) is 13.7. The molecule has 5 rings (SSSR count). The zero-order valence-corrected chi connectivity index (χ0v) is 33.5. The van der Waals surface area contributed by atoms with Crippen molar-refractivity contribution in [2.45, 2.75) is 172 Å². The lowest BCUT2D eigenvalue weighted by molar-refractivity contribution is -0.259. The third-order valence-corrected chi connectivity index (χ3v) is 11.4. The molecule has 0 aliphatic carbocycles. The average Bonchev–Trinajstić information content (AvgIpc) is 3.54. The maximum absolute atomic E-state index is 13.5. The predicted molar refractivity (Wildman–Crippen MR) is 219 cm³/mol. The van der Waals surface area contributed by atoms with Gasteiger partial charge in [-0.05, 0) is 36.0 Å². The van der Waals surface area contributed by atoms with Crippen molar-refractivity contribution in [3.8, 4) is 0 Å². The molecule has 2 heterocycles. The van der Waals surface area contributed by atoms with Gasteiger partial charge < -0.3 is 34.3 Å². The maximum Gasteiger partial charge on any atom is 0.410 e. The van der Waals surface area contributed by atoms with Crippen molar-refractivity contribution in [2.24, 2.45) is 0 Å². The van der Waals surface area contributed by atoms with E-state index in [-0.39, 0.29) is 19.8 Å². The first-order valence-corrected chi connectivity index (χ1v) is 21.4. The number of unbranched alkanes of at least 4 members (excludes halogenated alkanes) is 11. The number of hydrogen-bond acceptors (Lipinski definition) is 8. The highest BCUT2D eigenvalue weighted by molar-refractivity contribution is 5.71. The van der Waals surface area contributed by atoms with Crippen molar-refractivity contribution in [2.75, 3.05) is 6.61 Å². The molecule has 308 valence electrons. The standard InChI is InChI=1S/C47H67NO8/c1-2-3-4-5-6-7-8-9-10-11-12-22-29-40(50)44-39(48(47(52)56-44)32-36-23-16-13-17-24-36)30-31-41-45(53-34-37-25-18-14-19-26-37)46(43(51)42(33-49)55-41)54-35-38-27-20-15-21-28-38/h13-21,23-28,39-46,49-51H,2-12,22,29-35H2,1H3/t39?,40-,41+,42?,43-,44-,45?,46-/m0/s1. The topological polar surface area (TPSA) is 118 Å². The number of ether oxygens (including phenoxy) is 4. The second kappa shape index (κ2) is 24.5. The second-order valence-electron chi connectivity index (χ2n) is 15.8. The average molecular weight is 774 g/mol. The van der Waals surface area contributed by atoms with Gasteiger partial charge in [-0.25, -0.2) is 4.79 Å². The fraction of sp³-hybridized carbons (Fsp3) is 0.596. The fourth-order valence-electron chi connectivity index (χ4n) is 8.20. The number of amides is 1. The van der Waals surface area contributed by atoms with Gasteiger partial charge in [0, 0.05) is 6.54 Å². The quantitative estimate of drug-likeness (QED) is 0.0693. The molecule has 56 heavy (non-hydrogen) atoms. The summed E-state index contributed by atoms with van der Waals surface area (Å²) in [7, 11) is 0. The van der Waals surface area contributed by atoms with Crippen LogP contribution in [0, 0.1) is 0 Å². The molecule has 0 aromatic heterocycles. The number of aliphatic hydroxyl groups is 3. The molecule has 0 spiro atoms. The Labute approximate surface area is 335 Å². The Kier molecular flexibility index (Phi) is 19.1. The SMILES string of the molecule is CCCCCCCCCCCCCC[C@H](O)[C@H]1OC(=O)N(Cc2ccccc2)C1CC[C@H]1OC(CO)[C@H](O)[C@H](OCc2ccccc2)C1OCc1ccccc1. The van der Waals surface area contributed by atoms with E-state index in [9.17, 15) is 20.1 Å². The zero-order chi connectivity index (χ0) is 39.4. The van der Waals surface area contributed by atoms with E-state index in [1.807, 2.05) is 91.0 Å². The Morgan fingerprint density at radius 2 is 1.16 bits per heavy atom. The van der Waals surface area contributed by atoms with Crippen LogP contribution in [0.4, 0.5) is 4.79 Å². The molecule has 3 aromatic rings. The van der Waals surface area contributed by atoms with Crippen LogP contribution in [0.15, 0.2) is 91.0 Å². The Balaban J connectivity index is 1.24. The van der Waals surface area contributed by atoms with E-state index < -0.39 is 54.9 Å². The van der Waals surface area contributed by atoms with Crippen molar-refractivity contribution in [3.63, 3.8) is 0 Å². The molecule has 0 radical (unpaired) electrons. The molecule has 0 saturated carbocycles. The van der Waals surface area contributed by atoms with Crippen molar-refractivity contribution >= 4 is 6.09 Å². The number of nitrogens with zero attached hydrogens (tertiary/aromatic N) is 1. The van der Waals surface area contributed by atoms with Gasteiger partial charge in [-0.15, -0.1) is 0 Å². The summed E-state index contributed by atoms with van der Waals surface area (Å²) in [5.41, 5.74) is 2.89. The summed E-state index contributed by atoms with van der Waals surface area (Å²) in [6, 6.07) is 29.0. The van der Waals surface area contributed by atoms with E-state index >= 15 is 0 Å². The lowest BCUT2D eigenvalue weighted by Crippen LogP contribution is -2.60. The monoisotopic (exact) mass is 773 g/mol. The van der Waals surface area contributed by atoms with Crippen LogP contribution in [0.3, 0.4) is 0 Å². The molecule has 9 heteroatoms. The van der Waals surface area contributed by atoms with Crippen LogP contribution in [-0.2, 0) is 38.7 Å². The van der Waals surface area contributed by atoms with E-state index in [1.54, 1.807) is 4.90 Å². The van der Waals surface area contributed by atoms with Crippen molar-refractivity contribution in [1.29, 1.82) is 0 Å². The van der Waals surface area contributed by atoms with E-state index in [2.05, 4.69) is 6.92 Å². The highest BCUT2D eigenvalue weighted by atomic mass is 16.6. The highest BCUT2D eigenvalue weighted by Gasteiger charge is 2.49. The van der Waals surface area contributed by atoms with Crippen LogP contribution in [0.25, 0.3) is 0 Å². The highest BCUT2D eigenvalue weighted by Crippen LogP contribution is 2.34. The molecule has 2 aliphatic heterocycles. The second-order valence-corrected chi connectivity index (χ2v) is 15.8. The van der Waals surface area contributed by atoms with Gasteiger partial charge in [-0.2, -0.15) is 0 Å². The Hall–Kier alpha value is -3.31. The first-order chi connectivity index (χ1) is 27.5. The minimum atomic E-state index is -1.13. The molecule has 1 amide bonds. The summed E-state index contributed by atoms with van der Waals surface area (Å²) in [6.45, 7) is 2.75. The molecule has 3 N–H and O–H groups in total. The Bertz CT molecular complexity index is 1480. The molecule has 2 aliphatic rings.